The molecule has 0 saturated carbocycles. The van der Waals surface area contributed by atoms with Crippen molar-refractivity contribution in [3.05, 3.63) is 35.9 Å². The minimum Gasteiger partial charge on any atom is -0.301 e. The Hall–Kier alpha value is -0.860. The Kier molecular flexibility index (Phi) is 4.19. The molecule has 1 aromatic carbocycles. The molecule has 94 valence electrons. The number of hydrogen-bond acceptors (Lipinski definition) is 2. The van der Waals surface area contributed by atoms with Crippen molar-refractivity contribution >= 4 is 0 Å². The van der Waals surface area contributed by atoms with E-state index >= 15 is 0 Å². The van der Waals surface area contributed by atoms with E-state index in [1.807, 2.05) is 0 Å². The van der Waals surface area contributed by atoms with Gasteiger partial charge in [0.1, 0.15) is 0 Å². The third-order valence-electron chi connectivity index (χ3n) is 3.75. The lowest BCUT2D eigenvalue weighted by Crippen LogP contribution is -2.33. The number of likely N-dealkylation sites (N-methyl/N-ethyl adjacent to an activating group) is 1. The van der Waals surface area contributed by atoms with Gasteiger partial charge in [0, 0.05) is 19.1 Å². The van der Waals surface area contributed by atoms with E-state index in [1.165, 1.54) is 25.1 Å². The maximum atomic E-state index is 2.60. The molecule has 2 nitrogen and oxygen atoms in total. The predicted molar refractivity (Wildman–Crippen MR) is 73.1 cm³/mol. The molecule has 1 saturated heterocycles. The first kappa shape index (κ1) is 12.6. The fraction of sp³-hybridized carbons (Fsp3) is 0.600. The minimum atomic E-state index is 0.515. The van der Waals surface area contributed by atoms with Crippen molar-refractivity contribution < 1.29 is 0 Å². The van der Waals surface area contributed by atoms with Crippen molar-refractivity contribution in [2.45, 2.75) is 19.4 Å². The number of likely N-dealkylation sites (tertiary alicyclic amines) is 1. The monoisotopic (exact) mass is 232 g/mol. The molecule has 17 heavy (non-hydrogen) atoms. The van der Waals surface area contributed by atoms with Gasteiger partial charge in [-0.15, -0.1) is 0 Å². The summed E-state index contributed by atoms with van der Waals surface area (Å²) >= 11 is 0. The summed E-state index contributed by atoms with van der Waals surface area (Å²) in [7, 11) is 4.36. The molecule has 1 unspecified atom stereocenters. The molecule has 1 aliphatic rings. The zero-order valence-corrected chi connectivity index (χ0v) is 11.3. The maximum absolute atomic E-state index is 2.60. The molecular formula is C15H24N2. The van der Waals surface area contributed by atoms with Crippen molar-refractivity contribution in [2.75, 3.05) is 33.7 Å². The number of rotatable bonds is 4. The molecule has 0 spiro atoms. The van der Waals surface area contributed by atoms with Gasteiger partial charge in [0.2, 0.25) is 0 Å². The second kappa shape index (κ2) is 5.65. The molecule has 1 aromatic rings. The van der Waals surface area contributed by atoms with Gasteiger partial charge in [-0.1, -0.05) is 37.3 Å². The van der Waals surface area contributed by atoms with Crippen LogP contribution in [0.1, 0.15) is 24.9 Å². The molecule has 0 radical (unpaired) electrons. The Morgan fingerprint density at radius 1 is 1.29 bits per heavy atom. The molecule has 2 heteroatoms. The molecule has 1 aliphatic heterocycles. The summed E-state index contributed by atoms with van der Waals surface area (Å²) in [5, 5.41) is 0. The average Bonchev–Trinajstić information content (AvgIpc) is 2.73. The molecule has 0 bridgehead atoms. The van der Waals surface area contributed by atoms with E-state index in [1.54, 1.807) is 0 Å². The van der Waals surface area contributed by atoms with E-state index in [0.29, 0.717) is 6.04 Å². The van der Waals surface area contributed by atoms with Crippen LogP contribution in [0.3, 0.4) is 0 Å². The lowest BCUT2D eigenvalue weighted by molar-refractivity contribution is 0.206. The van der Waals surface area contributed by atoms with Gasteiger partial charge in [-0.2, -0.15) is 0 Å². The van der Waals surface area contributed by atoms with Crippen molar-refractivity contribution in [3.63, 3.8) is 0 Å². The van der Waals surface area contributed by atoms with Crippen LogP contribution < -0.4 is 0 Å². The largest absolute Gasteiger partial charge is 0.301 e. The Morgan fingerprint density at radius 3 is 2.53 bits per heavy atom. The van der Waals surface area contributed by atoms with Crippen LogP contribution in [0.5, 0.6) is 0 Å². The smallest absolute Gasteiger partial charge is 0.0469 e. The van der Waals surface area contributed by atoms with Crippen LogP contribution in [0, 0.1) is 5.92 Å². The fourth-order valence-corrected chi connectivity index (χ4v) is 2.68. The average molecular weight is 232 g/mol. The van der Waals surface area contributed by atoms with Crippen molar-refractivity contribution in [3.8, 4) is 0 Å². The Bertz CT molecular complexity index is 334. The molecule has 2 rings (SSSR count). The summed E-state index contributed by atoms with van der Waals surface area (Å²) in [6.07, 6.45) is 1.36. The molecular weight excluding hydrogens is 208 g/mol. The van der Waals surface area contributed by atoms with Crippen molar-refractivity contribution in [1.82, 2.24) is 9.80 Å². The summed E-state index contributed by atoms with van der Waals surface area (Å²) in [5.41, 5.74) is 1.43. The van der Waals surface area contributed by atoms with E-state index in [2.05, 4.69) is 61.2 Å². The summed E-state index contributed by atoms with van der Waals surface area (Å²) in [6.45, 7) is 6.03. The topological polar surface area (TPSA) is 6.48 Å². The lowest BCUT2D eigenvalue weighted by atomic mass is 10.1. The zero-order chi connectivity index (χ0) is 12.3. The Labute approximate surface area is 105 Å². The zero-order valence-electron chi connectivity index (χ0n) is 11.3. The number of hydrogen-bond donors (Lipinski definition) is 0. The summed E-state index contributed by atoms with van der Waals surface area (Å²) in [5.74, 6) is 0.869. The standard InChI is InChI=1S/C15H24N2/c1-13-9-10-17(11-13)12-15(16(2)3)14-7-5-4-6-8-14/h4-8,13,15H,9-12H2,1-3H3/t13?,15-/m1/s1. The number of benzene rings is 1. The van der Waals surface area contributed by atoms with Crippen LogP contribution in [0.25, 0.3) is 0 Å². The highest BCUT2D eigenvalue weighted by Gasteiger charge is 2.23. The fourth-order valence-electron chi connectivity index (χ4n) is 2.68. The first-order valence-electron chi connectivity index (χ1n) is 6.60. The molecule has 0 N–H and O–H groups in total. The van der Waals surface area contributed by atoms with Gasteiger partial charge in [0.25, 0.3) is 0 Å². The maximum Gasteiger partial charge on any atom is 0.0469 e. The Balaban J connectivity index is 2.03. The van der Waals surface area contributed by atoms with Crippen molar-refractivity contribution in [1.29, 1.82) is 0 Å². The molecule has 0 aliphatic carbocycles. The van der Waals surface area contributed by atoms with Gasteiger partial charge in [-0.3, -0.25) is 0 Å². The Morgan fingerprint density at radius 2 is 2.00 bits per heavy atom. The van der Waals surface area contributed by atoms with Crippen molar-refractivity contribution in [2.24, 2.45) is 5.92 Å². The highest BCUT2D eigenvalue weighted by molar-refractivity contribution is 5.19. The lowest BCUT2D eigenvalue weighted by Gasteiger charge is -2.29. The SMILES string of the molecule is CC1CCN(C[C@H](c2ccccc2)N(C)C)C1. The van der Waals surface area contributed by atoms with Gasteiger partial charge in [0.15, 0.2) is 0 Å². The van der Waals surface area contributed by atoms with E-state index < -0.39 is 0 Å². The molecule has 0 amide bonds. The van der Waals surface area contributed by atoms with Gasteiger partial charge < -0.3 is 9.80 Å². The third kappa shape index (κ3) is 3.30. The second-order valence-electron chi connectivity index (χ2n) is 5.54. The predicted octanol–water partition coefficient (Wildman–Crippen LogP) is 2.63. The third-order valence-corrected chi connectivity index (χ3v) is 3.75. The highest BCUT2D eigenvalue weighted by Crippen LogP contribution is 2.23. The summed E-state index contributed by atoms with van der Waals surface area (Å²) in [6, 6.07) is 11.4. The van der Waals surface area contributed by atoms with E-state index in [9.17, 15) is 0 Å². The normalized spacial score (nSPS) is 23.2. The van der Waals surface area contributed by atoms with Gasteiger partial charge in [-0.05, 0) is 38.5 Å². The first-order valence-corrected chi connectivity index (χ1v) is 6.60. The van der Waals surface area contributed by atoms with Gasteiger partial charge in [0.05, 0.1) is 0 Å². The van der Waals surface area contributed by atoms with E-state index in [-0.39, 0.29) is 0 Å². The van der Waals surface area contributed by atoms with Gasteiger partial charge in [-0.25, -0.2) is 0 Å². The number of nitrogens with zero attached hydrogens (tertiary/aromatic N) is 2. The highest BCUT2D eigenvalue weighted by atomic mass is 15.2. The van der Waals surface area contributed by atoms with Crippen LogP contribution in [0.15, 0.2) is 30.3 Å². The molecule has 1 fully saturated rings. The first-order chi connectivity index (χ1) is 8.16. The molecule has 0 aromatic heterocycles. The minimum absolute atomic E-state index is 0.515. The van der Waals surface area contributed by atoms with Gasteiger partial charge >= 0.3 is 0 Å². The van der Waals surface area contributed by atoms with Crippen LogP contribution in [0.4, 0.5) is 0 Å². The molecule has 1 heterocycles. The summed E-state index contributed by atoms with van der Waals surface area (Å²) in [4.78, 5) is 4.93. The molecule has 2 atom stereocenters. The van der Waals surface area contributed by atoms with Crippen LogP contribution in [0.2, 0.25) is 0 Å². The van der Waals surface area contributed by atoms with Crippen LogP contribution in [-0.2, 0) is 0 Å². The summed E-state index contributed by atoms with van der Waals surface area (Å²) < 4.78 is 0. The van der Waals surface area contributed by atoms with E-state index in [0.717, 1.165) is 12.5 Å². The van der Waals surface area contributed by atoms with Crippen LogP contribution in [-0.4, -0.2) is 43.5 Å². The second-order valence-corrected chi connectivity index (χ2v) is 5.54. The quantitative estimate of drug-likeness (QED) is 0.787. The van der Waals surface area contributed by atoms with E-state index in [4.69, 9.17) is 0 Å². The van der Waals surface area contributed by atoms with Crippen LogP contribution >= 0.6 is 0 Å².